The molecule has 0 saturated carbocycles. The lowest BCUT2D eigenvalue weighted by Crippen LogP contribution is -2.40. The molecule has 0 aromatic heterocycles. The summed E-state index contributed by atoms with van der Waals surface area (Å²) < 4.78 is 5.75. The minimum atomic E-state index is -0.501. The van der Waals surface area contributed by atoms with E-state index in [9.17, 15) is 4.79 Å². The van der Waals surface area contributed by atoms with Crippen molar-refractivity contribution >= 4 is 12.0 Å². The lowest BCUT2D eigenvalue weighted by atomic mass is 10.2. The van der Waals surface area contributed by atoms with Crippen LogP contribution >= 0.6 is 0 Å². The molecule has 0 aliphatic rings. The van der Waals surface area contributed by atoms with Crippen LogP contribution in [0.4, 0.5) is 0 Å². The highest BCUT2D eigenvalue weighted by molar-refractivity contribution is 5.81. The van der Waals surface area contributed by atoms with Crippen molar-refractivity contribution in [2.45, 2.75) is 26.9 Å². The van der Waals surface area contributed by atoms with Crippen LogP contribution in [-0.2, 0) is 4.79 Å². The smallest absolute Gasteiger partial charge is 0.263 e. The highest BCUT2D eigenvalue weighted by Crippen LogP contribution is 2.20. The number of likely N-dealkylation sites (N-methyl/N-ethyl adjacent to an activating group) is 1. The third-order valence-electron chi connectivity index (χ3n) is 2.90. The van der Waals surface area contributed by atoms with Gasteiger partial charge in [0.05, 0.1) is 0 Å². The van der Waals surface area contributed by atoms with E-state index in [1.807, 2.05) is 38.1 Å². The van der Waals surface area contributed by atoms with E-state index < -0.39 is 6.10 Å². The number of hydrogen-bond donors (Lipinski definition) is 0. The molecule has 1 rings (SSSR count). The van der Waals surface area contributed by atoms with Gasteiger partial charge in [0.25, 0.3) is 5.91 Å². The largest absolute Gasteiger partial charge is 0.480 e. The zero-order valence-electron chi connectivity index (χ0n) is 11.8. The fourth-order valence-electron chi connectivity index (χ4n) is 1.85. The number of hydrogen-bond acceptors (Lipinski definition) is 2. The second-order valence-electron chi connectivity index (χ2n) is 4.16. The Labute approximate surface area is 115 Å². The number of carbonyl (C=O) groups is 1. The second kappa shape index (κ2) is 7.45. The molecule has 0 heterocycles. The fourth-order valence-corrected chi connectivity index (χ4v) is 1.85. The van der Waals surface area contributed by atoms with Gasteiger partial charge in [-0.25, -0.2) is 0 Å². The van der Waals surface area contributed by atoms with Gasteiger partial charge in [-0.3, -0.25) is 4.79 Å². The van der Waals surface area contributed by atoms with Crippen LogP contribution in [0.3, 0.4) is 0 Å². The minimum Gasteiger partial charge on any atom is -0.480 e. The third-order valence-corrected chi connectivity index (χ3v) is 2.90. The Kier molecular flexibility index (Phi) is 5.91. The monoisotopic (exact) mass is 259 g/mol. The van der Waals surface area contributed by atoms with E-state index in [1.54, 1.807) is 17.9 Å². The zero-order chi connectivity index (χ0) is 14.3. The standard InChI is InChI=1S/C16H21NO2/c1-5-10-14-11-8-9-12-15(14)19-13(4)16(18)17(6-2)7-3/h8-13H,1,6-7H2,2-4H3. The highest BCUT2D eigenvalue weighted by Gasteiger charge is 2.20. The van der Waals surface area contributed by atoms with Crippen LogP contribution in [0.2, 0.25) is 0 Å². The summed E-state index contributed by atoms with van der Waals surface area (Å²) >= 11 is 0. The third kappa shape index (κ3) is 4.01. The average molecular weight is 259 g/mol. The van der Waals surface area contributed by atoms with Gasteiger partial charge in [0.1, 0.15) is 5.75 Å². The Morgan fingerprint density at radius 2 is 2.05 bits per heavy atom. The maximum Gasteiger partial charge on any atom is 0.263 e. The van der Waals surface area contributed by atoms with Crippen molar-refractivity contribution in [2.24, 2.45) is 0 Å². The van der Waals surface area contributed by atoms with Gasteiger partial charge in [0.15, 0.2) is 6.10 Å². The topological polar surface area (TPSA) is 29.5 Å². The molecule has 1 amide bonds. The Balaban J connectivity index is 2.84. The molecule has 0 N–H and O–H groups in total. The number of benzene rings is 1. The molecule has 0 bridgehead atoms. The summed E-state index contributed by atoms with van der Waals surface area (Å²) in [6, 6.07) is 7.54. The van der Waals surface area contributed by atoms with Gasteiger partial charge in [-0.1, -0.05) is 24.8 Å². The molecule has 19 heavy (non-hydrogen) atoms. The molecule has 0 radical (unpaired) electrons. The number of rotatable bonds is 6. The molecule has 1 aromatic carbocycles. The van der Waals surface area contributed by atoms with E-state index in [2.05, 4.69) is 12.3 Å². The summed E-state index contributed by atoms with van der Waals surface area (Å²) in [4.78, 5) is 13.9. The number of para-hydroxylation sites is 1. The first-order valence-electron chi connectivity index (χ1n) is 6.54. The van der Waals surface area contributed by atoms with Gasteiger partial charge < -0.3 is 9.64 Å². The summed E-state index contributed by atoms with van der Waals surface area (Å²) in [6.45, 7) is 10.6. The van der Waals surface area contributed by atoms with Crippen LogP contribution in [0.25, 0.3) is 6.08 Å². The van der Waals surface area contributed by atoms with Crippen molar-refractivity contribution in [2.75, 3.05) is 13.1 Å². The van der Waals surface area contributed by atoms with Crippen molar-refractivity contribution in [1.29, 1.82) is 0 Å². The van der Waals surface area contributed by atoms with Gasteiger partial charge >= 0.3 is 0 Å². The molecule has 0 fully saturated rings. The fraction of sp³-hybridized carbons (Fsp3) is 0.375. The van der Waals surface area contributed by atoms with Crippen molar-refractivity contribution in [3.05, 3.63) is 42.1 Å². The van der Waals surface area contributed by atoms with Crippen LogP contribution < -0.4 is 4.74 Å². The molecule has 0 aliphatic carbocycles. The summed E-state index contributed by atoms with van der Waals surface area (Å²) in [5, 5.41) is 0. The number of amides is 1. The van der Waals surface area contributed by atoms with Crippen LogP contribution in [0.1, 0.15) is 26.3 Å². The van der Waals surface area contributed by atoms with Crippen molar-refractivity contribution in [3.63, 3.8) is 0 Å². The van der Waals surface area contributed by atoms with Gasteiger partial charge in [0, 0.05) is 18.7 Å². The maximum absolute atomic E-state index is 12.1. The van der Waals surface area contributed by atoms with Crippen molar-refractivity contribution in [1.82, 2.24) is 4.90 Å². The summed E-state index contributed by atoms with van der Waals surface area (Å²) in [5.74, 6) is 0.675. The Hall–Kier alpha value is -1.99. The predicted octanol–water partition coefficient (Wildman–Crippen LogP) is 3.12. The SMILES string of the molecule is C=C=Cc1ccccc1OC(C)C(=O)N(CC)CC. The normalized spacial score (nSPS) is 11.3. The molecule has 0 aliphatic heterocycles. The number of nitrogens with zero attached hydrogens (tertiary/aromatic N) is 1. The zero-order valence-corrected chi connectivity index (χ0v) is 11.8. The maximum atomic E-state index is 12.1. The molecule has 3 nitrogen and oxygen atoms in total. The van der Waals surface area contributed by atoms with Crippen molar-refractivity contribution < 1.29 is 9.53 Å². The lowest BCUT2D eigenvalue weighted by Gasteiger charge is -2.23. The first-order valence-corrected chi connectivity index (χ1v) is 6.54. The first-order chi connectivity index (χ1) is 9.13. The van der Waals surface area contributed by atoms with E-state index in [0.717, 1.165) is 5.56 Å². The molecule has 102 valence electrons. The predicted molar refractivity (Wildman–Crippen MR) is 78.1 cm³/mol. The van der Waals surface area contributed by atoms with Crippen molar-refractivity contribution in [3.8, 4) is 5.75 Å². The second-order valence-corrected chi connectivity index (χ2v) is 4.16. The number of carbonyl (C=O) groups excluding carboxylic acids is 1. The summed E-state index contributed by atoms with van der Waals surface area (Å²) in [5.41, 5.74) is 3.59. The van der Waals surface area contributed by atoms with Gasteiger partial charge in [-0.15, -0.1) is 5.73 Å². The minimum absolute atomic E-state index is 0.00221. The van der Waals surface area contributed by atoms with E-state index in [4.69, 9.17) is 4.74 Å². The van der Waals surface area contributed by atoms with Gasteiger partial charge in [0.2, 0.25) is 0 Å². The Morgan fingerprint density at radius 3 is 2.63 bits per heavy atom. The summed E-state index contributed by atoms with van der Waals surface area (Å²) in [6.07, 6.45) is 1.24. The highest BCUT2D eigenvalue weighted by atomic mass is 16.5. The Bertz CT molecular complexity index is 471. The molecule has 1 aromatic rings. The molecule has 1 unspecified atom stereocenters. The van der Waals surface area contributed by atoms with Crippen LogP contribution in [0.15, 0.2) is 36.6 Å². The van der Waals surface area contributed by atoms with Crippen LogP contribution in [0, 0.1) is 0 Å². The van der Waals surface area contributed by atoms with E-state index in [0.29, 0.717) is 18.8 Å². The van der Waals surface area contributed by atoms with E-state index >= 15 is 0 Å². The quantitative estimate of drug-likeness (QED) is 0.735. The van der Waals surface area contributed by atoms with Gasteiger partial charge in [-0.05, 0) is 32.9 Å². The summed E-state index contributed by atoms with van der Waals surface area (Å²) in [7, 11) is 0. The van der Waals surface area contributed by atoms with Gasteiger partial charge in [-0.2, -0.15) is 0 Å². The molecule has 3 heteroatoms. The first kappa shape index (κ1) is 15.1. The molecular formula is C16H21NO2. The molecule has 0 spiro atoms. The van der Waals surface area contributed by atoms with E-state index in [1.165, 1.54) is 0 Å². The molecule has 1 atom stereocenters. The molecular weight excluding hydrogens is 238 g/mol. The molecule has 0 saturated heterocycles. The Morgan fingerprint density at radius 1 is 1.42 bits per heavy atom. The number of ether oxygens (including phenoxy) is 1. The lowest BCUT2D eigenvalue weighted by molar-refractivity contribution is -0.137. The van der Waals surface area contributed by atoms with Crippen LogP contribution in [-0.4, -0.2) is 30.0 Å². The average Bonchev–Trinajstić information content (AvgIpc) is 2.42. The van der Waals surface area contributed by atoms with E-state index in [-0.39, 0.29) is 5.91 Å². The van der Waals surface area contributed by atoms with Crippen LogP contribution in [0.5, 0.6) is 5.75 Å².